The van der Waals surface area contributed by atoms with Crippen LogP contribution in [0.1, 0.15) is 23.6 Å². The van der Waals surface area contributed by atoms with Crippen LogP contribution in [0.2, 0.25) is 0 Å². The predicted octanol–water partition coefficient (Wildman–Crippen LogP) is 3.28. The number of amides is 2. The van der Waals surface area contributed by atoms with Crippen LogP contribution in [0.5, 0.6) is 17.2 Å². The highest BCUT2D eigenvalue weighted by molar-refractivity contribution is 5.89. The first-order valence-corrected chi connectivity index (χ1v) is 8.95. The van der Waals surface area contributed by atoms with Gasteiger partial charge in [0.1, 0.15) is 17.2 Å². The lowest BCUT2D eigenvalue weighted by Crippen LogP contribution is -2.28. The van der Waals surface area contributed by atoms with Gasteiger partial charge >= 0.3 is 6.03 Å². The van der Waals surface area contributed by atoms with Crippen LogP contribution in [0, 0.1) is 0 Å². The Balaban J connectivity index is 1.42. The van der Waals surface area contributed by atoms with Crippen molar-refractivity contribution in [1.82, 2.24) is 5.32 Å². The minimum Gasteiger partial charge on any atom is -0.494 e. The molecule has 0 aliphatic carbocycles. The first-order chi connectivity index (χ1) is 12.7. The Kier molecular flexibility index (Phi) is 4.56. The summed E-state index contributed by atoms with van der Waals surface area (Å²) in [6.45, 7) is 4.33. The minimum absolute atomic E-state index is 0.252. The van der Waals surface area contributed by atoms with Crippen molar-refractivity contribution < 1.29 is 19.0 Å². The van der Waals surface area contributed by atoms with E-state index in [-0.39, 0.29) is 6.03 Å². The van der Waals surface area contributed by atoms with Gasteiger partial charge in [0.2, 0.25) is 0 Å². The zero-order valence-electron chi connectivity index (χ0n) is 14.8. The third-order valence-electron chi connectivity index (χ3n) is 4.61. The second-order valence-electron chi connectivity index (χ2n) is 6.28. The highest BCUT2D eigenvalue weighted by Crippen LogP contribution is 2.40. The Morgan fingerprint density at radius 1 is 1.15 bits per heavy atom. The van der Waals surface area contributed by atoms with Gasteiger partial charge in [-0.2, -0.15) is 0 Å². The van der Waals surface area contributed by atoms with Gasteiger partial charge in [0.15, 0.2) is 0 Å². The average molecular weight is 354 g/mol. The van der Waals surface area contributed by atoms with E-state index in [4.69, 9.17) is 14.2 Å². The molecule has 0 radical (unpaired) electrons. The molecule has 0 saturated heterocycles. The molecule has 2 aliphatic rings. The molecule has 2 aliphatic heterocycles. The van der Waals surface area contributed by atoms with E-state index >= 15 is 0 Å². The second kappa shape index (κ2) is 7.15. The number of benzene rings is 2. The highest BCUT2D eigenvalue weighted by atomic mass is 16.5. The molecular weight excluding hydrogens is 332 g/mol. The Morgan fingerprint density at radius 3 is 2.77 bits per heavy atom. The van der Waals surface area contributed by atoms with E-state index in [1.165, 1.54) is 0 Å². The summed E-state index contributed by atoms with van der Waals surface area (Å²) in [7, 11) is 0. The lowest BCUT2D eigenvalue weighted by Gasteiger charge is -2.14. The molecule has 0 spiro atoms. The van der Waals surface area contributed by atoms with E-state index < -0.39 is 0 Å². The Hall–Kier alpha value is -2.89. The van der Waals surface area contributed by atoms with Crippen molar-refractivity contribution in [2.24, 2.45) is 0 Å². The molecule has 2 heterocycles. The molecule has 0 saturated carbocycles. The van der Waals surface area contributed by atoms with Crippen LogP contribution in [0.15, 0.2) is 30.3 Å². The maximum Gasteiger partial charge on any atom is 0.319 e. The fraction of sp³-hybridized carbons (Fsp3) is 0.350. The summed E-state index contributed by atoms with van der Waals surface area (Å²) >= 11 is 0. The number of carbonyl (C=O) groups excluding carboxylic acids is 1. The predicted molar refractivity (Wildman–Crippen MR) is 98.3 cm³/mol. The lowest BCUT2D eigenvalue weighted by molar-refractivity contribution is 0.251. The number of rotatable bonds is 5. The summed E-state index contributed by atoms with van der Waals surface area (Å²) < 4.78 is 16.9. The largest absolute Gasteiger partial charge is 0.494 e. The first-order valence-electron chi connectivity index (χ1n) is 8.95. The fourth-order valence-electron chi connectivity index (χ4n) is 3.42. The van der Waals surface area contributed by atoms with Crippen LogP contribution in [0.3, 0.4) is 0 Å². The molecule has 2 aromatic carbocycles. The number of fused-ring (bicyclic) bond motifs is 2. The summed E-state index contributed by atoms with van der Waals surface area (Å²) in [5, 5.41) is 5.77. The monoisotopic (exact) mass is 354 g/mol. The van der Waals surface area contributed by atoms with Crippen molar-refractivity contribution in [2.75, 3.05) is 25.1 Å². The van der Waals surface area contributed by atoms with Gasteiger partial charge in [0.05, 0.1) is 19.8 Å². The topological polar surface area (TPSA) is 68.8 Å². The maximum absolute atomic E-state index is 12.3. The minimum atomic E-state index is -0.252. The molecule has 2 aromatic rings. The second-order valence-corrected chi connectivity index (χ2v) is 6.28. The third-order valence-corrected chi connectivity index (χ3v) is 4.61. The average Bonchev–Trinajstić information content (AvgIpc) is 3.29. The number of hydrogen-bond acceptors (Lipinski definition) is 4. The third kappa shape index (κ3) is 3.27. The molecule has 136 valence electrons. The molecule has 2 N–H and O–H groups in total. The summed E-state index contributed by atoms with van der Waals surface area (Å²) in [5.74, 6) is 2.62. The van der Waals surface area contributed by atoms with Crippen LogP contribution in [0.4, 0.5) is 10.5 Å². The van der Waals surface area contributed by atoms with E-state index in [0.29, 0.717) is 32.1 Å². The van der Waals surface area contributed by atoms with Crippen molar-refractivity contribution in [1.29, 1.82) is 0 Å². The van der Waals surface area contributed by atoms with Crippen LogP contribution >= 0.6 is 0 Å². The molecule has 26 heavy (non-hydrogen) atoms. The Bertz CT molecular complexity index is 785. The van der Waals surface area contributed by atoms with E-state index in [9.17, 15) is 4.79 Å². The molecule has 6 heteroatoms. The smallest absolute Gasteiger partial charge is 0.319 e. The van der Waals surface area contributed by atoms with E-state index in [1.54, 1.807) is 0 Å². The van der Waals surface area contributed by atoms with Crippen LogP contribution in [0.25, 0.3) is 0 Å². The highest BCUT2D eigenvalue weighted by Gasteiger charge is 2.26. The molecule has 6 nitrogen and oxygen atoms in total. The van der Waals surface area contributed by atoms with E-state index in [1.807, 2.05) is 31.2 Å². The van der Waals surface area contributed by atoms with Gasteiger partial charge in [-0.3, -0.25) is 0 Å². The number of hydrogen-bond donors (Lipinski definition) is 2. The first kappa shape index (κ1) is 16.6. The lowest BCUT2D eigenvalue weighted by atomic mass is 9.99. The summed E-state index contributed by atoms with van der Waals surface area (Å²) in [5.41, 5.74) is 4.06. The molecular formula is C20H22N2O4. The number of carbonyl (C=O) groups is 1. The molecule has 0 bridgehead atoms. The quantitative estimate of drug-likeness (QED) is 0.865. The fourth-order valence-corrected chi connectivity index (χ4v) is 3.42. The molecule has 0 unspecified atom stereocenters. The van der Waals surface area contributed by atoms with Gasteiger partial charge in [0.25, 0.3) is 0 Å². The summed E-state index contributed by atoms with van der Waals surface area (Å²) in [6, 6.07) is 9.13. The van der Waals surface area contributed by atoms with Gasteiger partial charge in [-0.05, 0) is 37.3 Å². The molecule has 0 aromatic heterocycles. The maximum atomic E-state index is 12.3. The number of anilines is 1. The van der Waals surface area contributed by atoms with Gasteiger partial charge < -0.3 is 24.8 Å². The van der Waals surface area contributed by atoms with Gasteiger partial charge in [-0.25, -0.2) is 4.79 Å². The van der Waals surface area contributed by atoms with Gasteiger partial charge in [0, 0.05) is 41.8 Å². The molecule has 0 fully saturated rings. The van der Waals surface area contributed by atoms with Crippen LogP contribution in [-0.4, -0.2) is 25.9 Å². The van der Waals surface area contributed by atoms with Crippen molar-refractivity contribution in [3.05, 3.63) is 47.0 Å². The number of urea groups is 1. The van der Waals surface area contributed by atoms with Crippen molar-refractivity contribution >= 4 is 11.7 Å². The summed E-state index contributed by atoms with van der Waals surface area (Å²) in [6.07, 6.45) is 1.74. The van der Waals surface area contributed by atoms with Crippen molar-refractivity contribution in [3.63, 3.8) is 0 Å². The molecule has 2 amide bonds. The van der Waals surface area contributed by atoms with E-state index in [0.717, 1.165) is 46.8 Å². The standard InChI is InChI=1S/C20H22N2O4/c1-2-24-15-5-3-14(4-6-15)22-20(23)21-12-17-16-8-10-25-18(16)11-13-7-9-26-19(13)17/h3-6,11H,2,7-10,12H2,1H3,(H2,21,22,23). The Morgan fingerprint density at radius 2 is 1.96 bits per heavy atom. The normalized spacial score (nSPS) is 14.0. The van der Waals surface area contributed by atoms with Crippen molar-refractivity contribution in [3.8, 4) is 17.2 Å². The van der Waals surface area contributed by atoms with Gasteiger partial charge in [-0.15, -0.1) is 0 Å². The zero-order valence-corrected chi connectivity index (χ0v) is 14.8. The number of ether oxygens (including phenoxy) is 3. The molecule has 4 rings (SSSR count). The Labute approximate surface area is 152 Å². The molecule has 0 atom stereocenters. The zero-order chi connectivity index (χ0) is 17.9. The van der Waals surface area contributed by atoms with Crippen LogP contribution < -0.4 is 24.8 Å². The van der Waals surface area contributed by atoms with E-state index in [2.05, 4.69) is 16.7 Å². The van der Waals surface area contributed by atoms with Crippen LogP contribution in [-0.2, 0) is 19.4 Å². The number of nitrogens with one attached hydrogen (secondary N) is 2. The SMILES string of the molecule is CCOc1ccc(NC(=O)NCc2c3c(cc4c2OCC4)OCC3)cc1. The van der Waals surface area contributed by atoms with Gasteiger partial charge in [-0.1, -0.05) is 0 Å². The summed E-state index contributed by atoms with van der Waals surface area (Å²) in [4.78, 5) is 12.3. The van der Waals surface area contributed by atoms with Crippen molar-refractivity contribution in [2.45, 2.75) is 26.3 Å².